The van der Waals surface area contributed by atoms with Crippen LogP contribution in [0.3, 0.4) is 0 Å². The van der Waals surface area contributed by atoms with Gasteiger partial charge in [0.1, 0.15) is 6.61 Å². The lowest BCUT2D eigenvalue weighted by atomic mass is 10.1. The number of nitrogens with one attached hydrogen (secondary N) is 1. The highest BCUT2D eigenvalue weighted by atomic mass is 35.5. The molecule has 1 aromatic carbocycles. The van der Waals surface area contributed by atoms with Crippen molar-refractivity contribution < 1.29 is 4.74 Å². The van der Waals surface area contributed by atoms with E-state index in [0.717, 1.165) is 5.56 Å². The molecule has 0 bridgehead atoms. The van der Waals surface area contributed by atoms with Crippen LogP contribution in [0.2, 0.25) is 10.0 Å². The molecule has 7 heteroatoms. The average molecular weight is 323 g/mol. The summed E-state index contributed by atoms with van der Waals surface area (Å²) in [5, 5.41) is 5.04. The summed E-state index contributed by atoms with van der Waals surface area (Å²) in [6.45, 7) is 4.53. The maximum Gasteiger partial charge on any atom is 0.306 e. The zero-order valence-electron chi connectivity index (χ0n) is 10.5. The Kier molecular flexibility index (Phi) is 5.47. The highest BCUT2D eigenvalue weighted by Crippen LogP contribution is 2.21. The van der Waals surface area contributed by atoms with Crippen molar-refractivity contribution in [2.75, 3.05) is 6.61 Å². The molecule has 0 radical (unpaired) electrons. The van der Waals surface area contributed by atoms with E-state index in [-0.39, 0.29) is 17.9 Å². The molecule has 19 heavy (non-hydrogen) atoms. The second kappa shape index (κ2) is 6.46. The lowest BCUT2D eigenvalue weighted by Gasteiger charge is -2.07. The predicted octanol–water partition coefficient (Wildman–Crippen LogP) is 3.50. The van der Waals surface area contributed by atoms with Crippen molar-refractivity contribution in [1.29, 1.82) is 0 Å². The maximum absolute atomic E-state index is 5.89. The molecular weight excluding hydrogens is 309 g/mol. The van der Waals surface area contributed by atoms with Crippen LogP contribution in [0.4, 0.5) is 0 Å². The van der Waals surface area contributed by atoms with E-state index < -0.39 is 0 Å². The molecule has 0 amide bonds. The standard InChI is InChI=1S/C12H13Cl2N3O.ClH/c1-12(2)7-18-11(16-12)17-15-6-8-3-4-9(13)10(14)5-8;/h3-6H,7H2,1-2H3,(H,16,17);1H/b15-6+;. The van der Waals surface area contributed by atoms with Crippen LogP contribution in [-0.2, 0) is 4.74 Å². The smallest absolute Gasteiger partial charge is 0.306 e. The van der Waals surface area contributed by atoms with Gasteiger partial charge in [-0.3, -0.25) is 0 Å². The fourth-order valence-corrected chi connectivity index (χ4v) is 1.70. The molecule has 0 aliphatic carbocycles. The summed E-state index contributed by atoms with van der Waals surface area (Å²) in [6, 6.07) is 5.70. The number of amidine groups is 1. The number of ether oxygens (including phenoxy) is 1. The molecule has 0 saturated carbocycles. The molecule has 0 spiro atoms. The Morgan fingerprint density at radius 1 is 1.37 bits per heavy atom. The van der Waals surface area contributed by atoms with Gasteiger partial charge >= 0.3 is 6.02 Å². The Hall–Kier alpha value is -0.970. The summed E-state index contributed by atoms with van der Waals surface area (Å²) in [5.41, 5.74) is 3.39. The van der Waals surface area contributed by atoms with E-state index in [1.807, 2.05) is 19.9 Å². The van der Waals surface area contributed by atoms with E-state index >= 15 is 0 Å². The molecule has 4 nitrogen and oxygen atoms in total. The number of benzene rings is 1. The van der Waals surface area contributed by atoms with Crippen LogP contribution in [-0.4, -0.2) is 24.4 Å². The first-order valence-corrected chi connectivity index (χ1v) is 6.19. The van der Waals surface area contributed by atoms with E-state index in [1.54, 1.807) is 18.3 Å². The van der Waals surface area contributed by atoms with Gasteiger partial charge in [-0.15, -0.1) is 12.4 Å². The van der Waals surface area contributed by atoms with E-state index in [9.17, 15) is 0 Å². The molecule has 1 aliphatic rings. The molecule has 0 saturated heterocycles. The van der Waals surface area contributed by atoms with Gasteiger partial charge in [-0.05, 0) is 31.5 Å². The van der Waals surface area contributed by atoms with Gasteiger partial charge in [0.25, 0.3) is 0 Å². The first-order valence-electron chi connectivity index (χ1n) is 5.43. The summed E-state index contributed by atoms with van der Waals surface area (Å²) < 4.78 is 5.33. The van der Waals surface area contributed by atoms with Gasteiger partial charge in [0, 0.05) is 0 Å². The highest BCUT2D eigenvalue weighted by Gasteiger charge is 2.25. The van der Waals surface area contributed by atoms with Crippen molar-refractivity contribution in [1.82, 2.24) is 5.43 Å². The van der Waals surface area contributed by atoms with Crippen LogP contribution >= 0.6 is 35.6 Å². The third-order valence-corrected chi connectivity index (χ3v) is 3.02. The normalized spacial score (nSPS) is 16.7. The van der Waals surface area contributed by atoms with Gasteiger partial charge in [0.2, 0.25) is 0 Å². The van der Waals surface area contributed by atoms with Crippen molar-refractivity contribution in [3.05, 3.63) is 33.8 Å². The summed E-state index contributed by atoms with van der Waals surface area (Å²) in [4.78, 5) is 4.31. The van der Waals surface area contributed by atoms with Crippen molar-refractivity contribution in [2.45, 2.75) is 19.4 Å². The van der Waals surface area contributed by atoms with Gasteiger partial charge in [-0.1, -0.05) is 29.3 Å². The van der Waals surface area contributed by atoms with E-state index in [4.69, 9.17) is 27.9 Å². The summed E-state index contributed by atoms with van der Waals surface area (Å²) in [7, 11) is 0. The minimum Gasteiger partial charge on any atom is -0.461 e. The summed E-state index contributed by atoms with van der Waals surface area (Å²) >= 11 is 11.7. The van der Waals surface area contributed by atoms with Crippen molar-refractivity contribution in [2.24, 2.45) is 10.1 Å². The molecule has 2 rings (SSSR count). The Bertz CT molecular complexity index is 515. The van der Waals surface area contributed by atoms with E-state index in [0.29, 0.717) is 22.7 Å². The number of rotatable bonds is 2. The maximum atomic E-state index is 5.89. The van der Waals surface area contributed by atoms with Crippen LogP contribution in [0, 0.1) is 0 Å². The van der Waals surface area contributed by atoms with Crippen LogP contribution in [0.5, 0.6) is 0 Å². The molecule has 1 aromatic rings. The predicted molar refractivity (Wildman–Crippen MR) is 81.9 cm³/mol. The van der Waals surface area contributed by atoms with Crippen molar-refractivity contribution in [3.63, 3.8) is 0 Å². The SMILES string of the molecule is CC1(C)COC(N/N=C/c2ccc(Cl)c(Cl)c2)=N1.Cl. The van der Waals surface area contributed by atoms with Crippen LogP contribution in [0.1, 0.15) is 19.4 Å². The van der Waals surface area contributed by atoms with Gasteiger partial charge in [-0.25, -0.2) is 10.4 Å². The average Bonchev–Trinajstić information content (AvgIpc) is 2.63. The Morgan fingerprint density at radius 2 is 2.11 bits per heavy atom. The third kappa shape index (κ3) is 4.56. The molecule has 0 unspecified atom stereocenters. The summed E-state index contributed by atoms with van der Waals surface area (Å²) in [5.74, 6) is 0. The van der Waals surface area contributed by atoms with Gasteiger partial charge in [0.05, 0.1) is 21.8 Å². The van der Waals surface area contributed by atoms with Gasteiger partial charge in [-0.2, -0.15) is 5.10 Å². The molecule has 0 fully saturated rings. The third-order valence-electron chi connectivity index (χ3n) is 2.28. The molecule has 1 aliphatic heterocycles. The molecular formula is C12H14Cl3N3O. The minimum atomic E-state index is -0.193. The molecule has 0 aromatic heterocycles. The topological polar surface area (TPSA) is 46.0 Å². The van der Waals surface area contributed by atoms with Crippen LogP contribution in [0.15, 0.2) is 28.3 Å². The van der Waals surface area contributed by atoms with Crippen molar-refractivity contribution >= 4 is 47.8 Å². The Balaban J connectivity index is 0.00000180. The first kappa shape index (κ1) is 16.1. The fourth-order valence-electron chi connectivity index (χ4n) is 1.40. The second-order valence-corrected chi connectivity index (χ2v) is 5.38. The zero-order chi connectivity index (χ0) is 13.2. The molecule has 1 N–H and O–H groups in total. The van der Waals surface area contributed by atoms with E-state index in [1.165, 1.54) is 0 Å². The molecule has 104 valence electrons. The first-order chi connectivity index (χ1) is 8.46. The number of hydrogen-bond acceptors (Lipinski definition) is 4. The Morgan fingerprint density at radius 3 is 2.68 bits per heavy atom. The highest BCUT2D eigenvalue weighted by molar-refractivity contribution is 6.42. The Labute approximate surface area is 128 Å². The van der Waals surface area contributed by atoms with Crippen LogP contribution in [0.25, 0.3) is 0 Å². The lowest BCUT2D eigenvalue weighted by Crippen LogP contribution is -2.17. The lowest BCUT2D eigenvalue weighted by molar-refractivity contribution is 0.270. The van der Waals surface area contributed by atoms with Crippen LogP contribution < -0.4 is 5.43 Å². The minimum absolute atomic E-state index is 0. The van der Waals surface area contributed by atoms with Gasteiger partial charge in [0.15, 0.2) is 0 Å². The number of nitrogens with zero attached hydrogens (tertiary/aromatic N) is 2. The number of hydrogen-bond donors (Lipinski definition) is 1. The number of hydrazone groups is 1. The summed E-state index contributed by atoms with van der Waals surface area (Å²) in [6.07, 6.45) is 1.62. The van der Waals surface area contributed by atoms with Crippen molar-refractivity contribution in [3.8, 4) is 0 Å². The quantitative estimate of drug-likeness (QED) is 0.669. The largest absolute Gasteiger partial charge is 0.461 e. The molecule has 1 heterocycles. The monoisotopic (exact) mass is 321 g/mol. The van der Waals surface area contributed by atoms with Gasteiger partial charge < -0.3 is 4.74 Å². The fraction of sp³-hybridized carbons (Fsp3) is 0.333. The molecule has 0 atom stereocenters. The second-order valence-electron chi connectivity index (χ2n) is 4.56. The van der Waals surface area contributed by atoms with E-state index in [2.05, 4.69) is 15.5 Å². The number of aliphatic imine (C=N–C) groups is 1. The number of halogens is 3. The zero-order valence-corrected chi connectivity index (χ0v) is 12.8.